The molecule has 2 N–H and O–H groups in total. The molecule has 130 valence electrons. The highest BCUT2D eigenvalue weighted by Crippen LogP contribution is 2.21. The van der Waals surface area contributed by atoms with Crippen molar-refractivity contribution in [1.29, 1.82) is 0 Å². The van der Waals surface area contributed by atoms with Gasteiger partial charge in [-0.2, -0.15) is 0 Å². The average Bonchev–Trinajstić information content (AvgIpc) is 2.96. The van der Waals surface area contributed by atoms with Crippen molar-refractivity contribution in [2.24, 2.45) is 5.92 Å². The van der Waals surface area contributed by atoms with Crippen LogP contribution in [0.3, 0.4) is 0 Å². The third-order valence-electron chi connectivity index (χ3n) is 4.52. The summed E-state index contributed by atoms with van der Waals surface area (Å²) in [4.78, 5) is 17.7. The smallest absolute Gasteiger partial charge is 0.227 e. The van der Waals surface area contributed by atoms with Crippen LogP contribution in [0.1, 0.15) is 18.4 Å². The Morgan fingerprint density at radius 1 is 1.38 bits per heavy atom. The van der Waals surface area contributed by atoms with Gasteiger partial charge < -0.3 is 9.88 Å². The lowest BCUT2D eigenvalue weighted by Gasteiger charge is -2.32. The number of piperidine rings is 1. The van der Waals surface area contributed by atoms with Gasteiger partial charge in [-0.1, -0.05) is 18.2 Å². The van der Waals surface area contributed by atoms with E-state index in [0.29, 0.717) is 19.5 Å². The van der Waals surface area contributed by atoms with Crippen LogP contribution >= 0.6 is 0 Å². The molecule has 1 aliphatic heterocycles. The molecule has 7 heteroatoms. The van der Waals surface area contributed by atoms with Gasteiger partial charge in [0.15, 0.2) is 0 Å². The number of carbonyl (C=O) groups is 1. The second-order valence-electron chi connectivity index (χ2n) is 6.50. The van der Waals surface area contributed by atoms with Crippen molar-refractivity contribution in [2.75, 3.05) is 25.9 Å². The lowest BCUT2D eigenvalue weighted by molar-refractivity contribution is -0.132. The van der Waals surface area contributed by atoms with Crippen LogP contribution in [-0.2, 0) is 21.2 Å². The number of likely N-dealkylation sites (tertiary alicyclic amines) is 1. The quantitative estimate of drug-likeness (QED) is 0.858. The molecule has 1 fully saturated rings. The molecule has 1 aromatic heterocycles. The van der Waals surface area contributed by atoms with E-state index in [4.69, 9.17) is 0 Å². The van der Waals surface area contributed by atoms with Crippen LogP contribution in [-0.4, -0.2) is 50.1 Å². The lowest BCUT2D eigenvalue weighted by atomic mass is 9.97. The fourth-order valence-electron chi connectivity index (χ4n) is 3.28. The number of aromatic amines is 1. The maximum Gasteiger partial charge on any atom is 0.227 e. The van der Waals surface area contributed by atoms with Crippen molar-refractivity contribution in [3.05, 3.63) is 36.0 Å². The number of carbonyl (C=O) groups excluding carboxylic acids is 1. The predicted octanol–water partition coefficient (Wildman–Crippen LogP) is 1.50. The molecule has 1 aliphatic rings. The molecular weight excluding hydrogens is 326 g/mol. The SMILES string of the molecule is CS(=O)(=O)NCC1CCCN(C(=O)Cc2c[nH]c3ccccc23)C1. The molecule has 3 rings (SSSR count). The number of H-pyrrole nitrogens is 1. The van der Waals surface area contributed by atoms with Crippen molar-refractivity contribution >= 4 is 26.8 Å². The van der Waals surface area contributed by atoms with Gasteiger partial charge in [-0.15, -0.1) is 0 Å². The first kappa shape index (κ1) is 17.0. The summed E-state index contributed by atoms with van der Waals surface area (Å²) in [5, 5.41) is 1.08. The van der Waals surface area contributed by atoms with Gasteiger partial charge in [-0.05, 0) is 30.4 Å². The summed E-state index contributed by atoms with van der Waals surface area (Å²) in [7, 11) is -3.18. The average molecular weight is 349 g/mol. The zero-order chi connectivity index (χ0) is 17.2. The Labute approximate surface area is 142 Å². The summed E-state index contributed by atoms with van der Waals surface area (Å²) in [5.74, 6) is 0.282. The monoisotopic (exact) mass is 349 g/mol. The third-order valence-corrected chi connectivity index (χ3v) is 5.21. The van der Waals surface area contributed by atoms with E-state index in [1.165, 1.54) is 0 Å². The van der Waals surface area contributed by atoms with Crippen LogP contribution in [0.4, 0.5) is 0 Å². The number of nitrogens with one attached hydrogen (secondary N) is 2. The number of sulfonamides is 1. The summed E-state index contributed by atoms with van der Waals surface area (Å²) in [5.41, 5.74) is 2.04. The van der Waals surface area contributed by atoms with E-state index in [1.807, 2.05) is 35.4 Å². The largest absolute Gasteiger partial charge is 0.361 e. The van der Waals surface area contributed by atoms with Crippen molar-refractivity contribution in [3.8, 4) is 0 Å². The fraction of sp³-hybridized carbons (Fsp3) is 0.471. The molecule has 1 atom stereocenters. The van der Waals surface area contributed by atoms with Gasteiger partial charge in [0.05, 0.1) is 12.7 Å². The lowest BCUT2D eigenvalue weighted by Crippen LogP contribution is -2.44. The number of amides is 1. The number of fused-ring (bicyclic) bond motifs is 1. The van der Waals surface area contributed by atoms with Crippen LogP contribution in [0.15, 0.2) is 30.5 Å². The number of nitrogens with zero attached hydrogens (tertiary/aromatic N) is 1. The first-order chi connectivity index (χ1) is 11.4. The molecule has 1 unspecified atom stereocenters. The number of hydrogen-bond donors (Lipinski definition) is 2. The summed E-state index contributed by atoms with van der Waals surface area (Å²) < 4.78 is 25.0. The van der Waals surface area contributed by atoms with Crippen molar-refractivity contribution in [2.45, 2.75) is 19.3 Å². The Morgan fingerprint density at radius 2 is 2.17 bits per heavy atom. The Bertz CT molecular complexity index is 828. The highest BCUT2D eigenvalue weighted by atomic mass is 32.2. The minimum atomic E-state index is -3.18. The van der Waals surface area contributed by atoms with E-state index < -0.39 is 10.0 Å². The Morgan fingerprint density at radius 3 is 2.96 bits per heavy atom. The van der Waals surface area contributed by atoms with Crippen molar-refractivity contribution < 1.29 is 13.2 Å². The first-order valence-corrected chi connectivity index (χ1v) is 10.1. The Balaban J connectivity index is 1.62. The van der Waals surface area contributed by atoms with Crippen LogP contribution in [0, 0.1) is 5.92 Å². The number of benzene rings is 1. The first-order valence-electron chi connectivity index (χ1n) is 8.20. The van der Waals surface area contributed by atoms with Gasteiger partial charge in [0, 0.05) is 36.7 Å². The molecule has 0 aliphatic carbocycles. The number of hydrogen-bond acceptors (Lipinski definition) is 3. The van der Waals surface area contributed by atoms with Crippen molar-refractivity contribution in [3.63, 3.8) is 0 Å². The van der Waals surface area contributed by atoms with Gasteiger partial charge in [0.25, 0.3) is 0 Å². The molecule has 6 nitrogen and oxygen atoms in total. The zero-order valence-electron chi connectivity index (χ0n) is 13.8. The molecule has 2 heterocycles. The van der Waals surface area contributed by atoms with Crippen LogP contribution in [0.2, 0.25) is 0 Å². The van der Waals surface area contributed by atoms with Crippen LogP contribution < -0.4 is 4.72 Å². The molecule has 1 saturated heterocycles. The Kier molecular flexibility index (Phi) is 4.91. The summed E-state index contributed by atoms with van der Waals surface area (Å²) >= 11 is 0. The molecule has 1 aromatic carbocycles. The maximum absolute atomic E-state index is 12.6. The normalized spacial score (nSPS) is 18.9. The fourth-order valence-corrected chi connectivity index (χ4v) is 3.82. The van der Waals surface area contributed by atoms with E-state index in [2.05, 4.69) is 9.71 Å². The molecular formula is C17H23N3O3S. The molecule has 0 bridgehead atoms. The highest BCUT2D eigenvalue weighted by Gasteiger charge is 2.24. The maximum atomic E-state index is 12.6. The van der Waals surface area contributed by atoms with E-state index in [1.54, 1.807) is 0 Å². The van der Waals surface area contributed by atoms with Crippen molar-refractivity contribution in [1.82, 2.24) is 14.6 Å². The topological polar surface area (TPSA) is 82.3 Å². The molecule has 24 heavy (non-hydrogen) atoms. The standard InChI is InChI=1S/C17H23N3O3S/c1-24(22,23)19-10-13-5-4-8-20(12-13)17(21)9-14-11-18-16-7-3-2-6-15(14)16/h2-3,6-7,11,13,18-19H,4-5,8-10,12H2,1H3. The number of aromatic nitrogens is 1. The summed E-state index contributed by atoms with van der Waals surface area (Å²) in [6.07, 6.45) is 5.29. The number of rotatable bonds is 5. The Hall–Kier alpha value is -1.86. The molecule has 0 spiro atoms. The zero-order valence-corrected chi connectivity index (χ0v) is 14.6. The third kappa shape index (κ3) is 4.15. The molecule has 2 aromatic rings. The second-order valence-corrected chi connectivity index (χ2v) is 8.34. The van der Waals surface area contributed by atoms with E-state index in [9.17, 15) is 13.2 Å². The summed E-state index contributed by atoms with van der Waals surface area (Å²) in [6, 6.07) is 7.95. The highest BCUT2D eigenvalue weighted by molar-refractivity contribution is 7.88. The molecule has 0 radical (unpaired) electrons. The van der Waals surface area contributed by atoms with Gasteiger partial charge in [-0.25, -0.2) is 13.1 Å². The van der Waals surface area contributed by atoms with E-state index in [0.717, 1.165) is 42.1 Å². The second kappa shape index (κ2) is 6.94. The molecule has 0 saturated carbocycles. The minimum Gasteiger partial charge on any atom is -0.361 e. The minimum absolute atomic E-state index is 0.101. The van der Waals surface area contributed by atoms with Crippen LogP contribution in [0.25, 0.3) is 10.9 Å². The van der Waals surface area contributed by atoms with Gasteiger partial charge in [-0.3, -0.25) is 4.79 Å². The van der Waals surface area contributed by atoms with E-state index >= 15 is 0 Å². The number of para-hydroxylation sites is 1. The van der Waals surface area contributed by atoms with Gasteiger partial charge >= 0.3 is 0 Å². The van der Waals surface area contributed by atoms with Gasteiger partial charge in [0.2, 0.25) is 15.9 Å². The predicted molar refractivity (Wildman–Crippen MR) is 94.2 cm³/mol. The van der Waals surface area contributed by atoms with E-state index in [-0.39, 0.29) is 11.8 Å². The van der Waals surface area contributed by atoms with Crippen LogP contribution in [0.5, 0.6) is 0 Å². The van der Waals surface area contributed by atoms with Gasteiger partial charge in [0.1, 0.15) is 0 Å². The summed E-state index contributed by atoms with van der Waals surface area (Å²) in [6.45, 7) is 1.76. The molecule has 1 amide bonds.